The van der Waals surface area contributed by atoms with Crippen LogP contribution in [0.5, 0.6) is 0 Å². The SMILES string of the molecule is CBP=S. The van der Waals surface area contributed by atoms with Gasteiger partial charge in [0.2, 0.25) is 0 Å². The summed E-state index contributed by atoms with van der Waals surface area (Å²) in [5.41, 5.74) is 0. The summed E-state index contributed by atoms with van der Waals surface area (Å²) in [4.78, 5) is 0. The Hall–Kier alpha value is 0.585. The van der Waals surface area contributed by atoms with Crippen LogP contribution in [-0.4, -0.2) is 7.00 Å². The first kappa shape index (κ1) is 4.58. The Morgan fingerprint density at radius 1 is 2.00 bits per heavy atom. The standard InChI is InChI=1S/CH4BPS/c1-2-3-4/h2H,1H3. The van der Waals surface area contributed by atoms with Crippen LogP contribution in [0.3, 0.4) is 0 Å². The Kier molecular flexibility index (Phi) is 4.11. The van der Waals surface area contributed by atoms with Crippen LogP contribution in [0.4, 0.5) is 0 Å². The van der Waals surface area contributed by atoms with Crippen molar-refractivity contribution in [2.24, 2.45) is 0 Å². The highest BCUT2D eigenvalue weighted by atomic mass is 32.4. The minimum Gasteiger partial charge on any atom is -0.0824 e. The molecule has 0 aromatic rings. The molecule has 0 bridgehead atoms. The Balaban J connectivity index is 2.30. The molecule has 0 spiro atoms. The molecule has 0 fully saturated rings. The third-order valence-electron chi connectivity index (χ3n) is 0.129. The molecule has 0 saturated carbocycles. The fourth-order valence-electron chi connectivity index (χ4n) is 0. The first-order chi connectivity index (χ1) is 1.91. The van der Waals surface area contributed by atoms with Gasteiger partial charge in [0, 0.05) is 0 Å². The van der Waals surface area contributed by atoms with Crippen LogP contribution in [-0.2, 0) is 11.8 Å². The van der Waals surface area contributed by atoms with E-state index in [1.807, 2.05) is 0 Å². The monoisotopic (exact) mass is 90.0 g/mol. The normalized spacial score (nSPS) is 7.25. The molecule has 0 amide bonds. The van der Waals surface area contributed by atoms with Crippen LogP contribution in [0.15, 0.2) is 0 Å². The van der Waals surface area contributed by atoms with Crippen molar-refractivity contribution in [1.29, 1.82) is 0 Å². The fourth-order valence-corrected chi connectivity index (χ4v) is 0. The van der Waals surface area contributed by atoms with E-state index in [1.54, 1.807) is 0 Å². The average molecular weight is 89.9 g/mol. The molecule has 0 aliphatic carbocycles. The van der Waals surface area contributed by atoms with Gasteiger partial charge in [-0.25, -0.2) is 0 Å². The number of hydrogen-bond acceptors (Lipinski definition) is 1. The Morgan fingerprint density at radius 3 is 2.25 bits per heavy atom. The predicted molar refractivity (Wildman–Crippen MR) is 27.3 cm³/mol. The lowest BCUT2D eigenvalue weighted by molar-refractivity contribution is 2.38. The van der Waals surface area contributed by atoms with Crippen LogP contribution in [0.25, 0.3) is 0 Å². The first-order valence-electron chi connectivity index (χ1n) is 1.21. The van der Waals surface area contributed by atoms with Crippen LogP contribution in [0.2, 0.25) is 6.82 Å². The third kappa shape index (κ3) is 2.58. The summed E-state index contributed by atoms with van der Waals surface area (Å²) in [6.45, 7) is 3.17. The maximum atomic E-state index is 4.53. The minimum atomic E-state index is 1.08. The second-order valence-corrected chi connectivity index (χ2v) is 2.11. The molecule has 0 aliphatic heterocycles. The molecule has 22 valence electrons. The summed E-state index contributed by atoms with van der Waals surface area (Å²) in [7, 11) is 1.08. The lowest BCUT2D eigenvalue weighted by Gasteiger charge is -1.48. The molecule has 3 heteroatoms. The highest BCUT2D eigenvalue weighted by Gasteiger charge is 1.56. The molecule has 0 heterocycles. The van der Waals surface area contributed by atoms with Crippen molar-refractivity contribution in [1.82, 2.24) is 0 Å². The number of hydrogen-bond donors (Lipinski definition) is 0. The van der Waals surface area contributed by atoms with Gasteiger partial charge in [0.1, 0.15) is 0 Å². The molecule has 4 heavy (non-hydrogen) atoms. The minimum absolute atomic E-state index is 1.08. The van der Waals surface area contributed by atoms with E-state index in [9.17, 15) is 0 Å². The van der Waals surface area contributed by atoms with Gasteiger partial charge in [-0.3, -0.25) is 0 Å². The van der Waals surface area contributed by atoms with Crippen molar-refractivity contribution in [3.63, 3.8) is 0 Å². The van der Waals surface area contributed by atoms with Gasteiger partial charge < -0.3 is 0 Å². The lowest BCUT2D eigenvalue weighted by atomic mass is 10.2. The fraction of sp³-hybridized carbons (Fsp3) is 1.00. The summed E-state index contributed by atoms with van der Waals surface area (Å²) in [6.07, 6.45) is 0. The van der Waals surface area contributed by atoms with Gasteiger partial charge in [0.25, 0.3) is 0 Å². The van der Waals surface area contributed by atoms with E-state index in [0.717, 1.165) is 14.2 Å². The van der Waals surface area contributed by atoms with Gasteiger partial charge in [0.15, 0.2) is 7.00 Å². The highest BCUT2D eigenvalue weighted by Crippen LogP contribution is 1.79. The van der Waals surface area contributed by atoms with Gasteiger partial charge in [-0.05, 0) is 0 Å². The molecular weight excluding hydrogens is 85.9 g/mol. The van der Waals surface area contributed by atoms with E-state index >= 15 is 0 Å². The maximum absolute atomic E-state index is 4.53. The van der Waals surface area contributed by atoms with Crippen LogP contribution >= 0.6 is 7.23 Å². The lowest BCUT2D eigenvalue weighted by Crippen LogP contribution is -1.47. The van der Waals surface area contributed by atoms with E-state index in [-0.39, 0.29) is 0 Å². The van der Waals surface area contributed by atoms with Crippen molar-refractivity contribution in [3.05, 3.63) is 0 Å². The zero-order chi connectivity index (χ0) is 3.41. The van der Waals surface area contributed by atoms with E-state index < -0.39 is 0 Å². The number of rotatable bonds is 1. The molecule has 0 aromatic heterocycles. The van der Waals surface area contributed by atoms with Crippen molar-refractivity contribution < 1.29 is 0 Å². The Morgan fingerprint density at radius 2 is 2.25 bits per heavy atom. The molecule has 0 nitrogen and oxygen atoms in total. The highest BCUT2D eigenvalue weighted by molar-refractivity contribution is 8.08. The summed E-state index contributed by atoms with van der Waals surface area (Å²) in [6, 6.07) is 0. The molecular formula is CH4BPS. The van der Waals surface area contributed by atoms with Crippen LogP contribution in [0, 0.1) is 0 Å². The van der Waals surface area contributed by atoms with Gasteiger partial charge in [-0.1, -0.05) is 25.9 Å². The zero-order valence-electron chi connectivity index (χ0n) is 2.56. The second kappa shape index (κ2) is 3.58. The summed E-state index contributed by atoms with van der Waals surface area (Å²) < 4.78 is 0. The summed E-state index contributed by atoms with van der Waals surface area (Å²) >= 11 is 4.53. The third-order valence-corrected chi connectivity index (χ3v) is 1.16. The molecule has 0 unspecified atom stereocenters. The van der Waals surface area contributed by atoms with Crippen LogP contribution in [0.1, 0.15) is 0 Å². The molecule has 0 radical (unpaired) electrons. The predicted octanol–water partition coefficient (Wildman–Crippen LogP) is 0.794. The van der Waals surface area contributed by atoms with E-state index in [4.69, 9.17) is 0 Å². The van der Waals surface area contributed by atoms with E-state index in [0.29, 0.717) is 0 Å². The van der Waals surface area contributed by atoms with E-state index in [2.05, 4.69) is 18.6 Å². The molecule has 0 aliphatic rings. The Labute approximate surface area is 33.6 Å². The Bertz CT molecular complexity index is 22.0. The van der Waals surface area contributed by atoms with Gasteiger partial charge >= 0.3 is 0 Å². The van der Waals surface area contributed by atoms with Gasteiger partial charge in [-0.2, -0.15) is 0 Å². The maximum Gasteiger partial charge on any atom is 0.196 e. The van der Waals surface area contributed by atoms with Crippen molar-refractivity contribution >= 4 is 26.0 Å². The molecule has 0 saturated heterocycles. The quantitative estimate of drug-likeness (QED) is 0.339. The summed E-state index contributed by atoms with van der Waals surface area (Å²) in [5.74, 6) is 0. The van der Waals surface area contributed by atoms with Crippen molar-refractivity contribution in [3.8, 4) is 0 Å². The van der Waals surface area contributed by atoms with Gasteiger partial charge in [-0.15, -0.1) is 0 Å². The van der Waals surface area contributed by atoms with E-state index in [1.165, 1.54) is 0 Å². The summed E-state index contributed by atoms with van der Waals surface area (Å²) in [5, 5.41) is 0. The van der Waals surface area contributed by atoms with Crippen molar-refractivity contribution in [2.45, 2.75) is 6.82 Å². The zero-order valence-corrected chi connectivity index (χ0v) is 4.27. The second-order valence-electron chi connectivity index (χ2n) is 0.445. The first-order valence-corrected chi connectivity index (χ1v) is 3.30. The smallest absolute Gasteiger partial charge is 0.0824 e. The van der Waals surface area contributed by atoms with Crippen molar-refractivity contribution in [2.75, 3.05) is 0 Å². The molecule has 0 aromatic carbocycles. The van der Waals surface area contributed by atoms with Crippen LogP contribution < -0.4 is 0 Å². The topological polar surface area (TPSA) is 0 Å². The average Bonchev–Trinajstić information content (AvgIpc) is 1.37. The largest absolute Gasteiger partial charge is 0.196 e. The molecule has 0 N–H and O–H groups in total. The van der Waals surface area contributed by atoms with Gasteiger partial charge in [0.05, 0.1) is 0 Å². The molecule has 0 atom stereocenters. The molecule has 0 rings (SSSR count).